The number of nitrogens with one attached hydrogen (secondary N) is 2. The second-order valence-electron chi connectivity index (χ2n) is 8.21. The molecule has 3 aromatic rings. The van der Waals surface area contributed by atoms with Crippen molar-refractivity contribution in [3.05, 3.63) is 68.8 Å². The SMILES string of the molecule is O=C(NCCC1CCC(O)CC1)c1c(C=Cc2ccc(Cl)cc2)[nH]c2cc(Br)ccc12. The van der Waals surface area contributed by atoms with Gasteiger partial charge in [0.25, 0.3) is 5.91 Å². The normalized spacial score (nSPS) is 19.2. The van der Waals surface area contributed by atoms with Gasteiger partial charge in [-0.25, -0.2) is 0 Å². The van der Waals surface area contributed by atoms with E-state index < -0.39 is 0 Å². The fourth-order valence-corrected chi connectivity index (χ4v) is 4.71. The minimum Gasteiger partial charge on any atom is -0.393 e. The van der Waals surface area contributed by atoms with E-state index in [0.29, 0.717) is 23.0 Å². The number of rotatable bonds is 6. The van der Waals surface area contributed by atoms with Crippen LogP contribution in [0.3, 0.4) is 0 Å². The molecule has 0 spiro atoms. The number of hydrogen-bond donors (Lipinski definition) is 3. The number of fused-ring (bicyclic) bond motifs is 1. The summed E-state index contributed by atoms with van der Waals surface area (Å²) in [7, 11) is 0. The first-order valence-electron chi connectivity index (χ1n) is 10.7. The Bertz CT molecular complexity index is 1080. The Kier molecular flexibility index (Phi) is 7.16. The van der Waals surface area contributed by atoms with E-state index in [-0.39, 0.29) is 12.0 Å². The fourth-order valence-electron chi connectivity index (χ4n) is 4.23. The van der Waals surface area contributed by atoms with Crippen molar-refractivity contribution >= 4 is 56.5 Å². The van der Waals surface area contributed by atoms with Crippen LogP contribution in [0.1, 0.15) is 53.7 Å². The van der Waals surface area contributed by atoms with Crippen LogP contribution >= 0.6 is 27.5 Å². The molecule has 162 valence electrons. The summed E-state index contributed by atoms with van der Waals surface area (Å²) in [4.78, 5) is 16.5. The number of halogens is 2. The first-order chi connectivity index (χ1) is 15.0. The van der Waals surface area contributed by atoms with E-state index >= 15 is 0 Å². The third-order valence-corrected chi connectivity index (χ3v) is 6.73. The summed E-state index contributed by atoms with van der Waals surface area (Å²) >= 11 is 9.48. The van der Waals surface area contributed by atoms with Crippen molar-refractivity contribution in [3.8, 4) is 0 Å². The largest absolute Gasteiger partial charge is 0.393 e. The highest BCUT2D eigenvalue weighted by molar-refractivity contribution is 9.10. The highest BCUT2D eigenvalue weighted by Crippen LogP contribution is 2.28. The zero-order valence-corrected chi connectivity index (χ0v) is 19.5. The highest BCUT2D eigenvalue weighted by atomic mass is 79.9. The lowest BCUT2D eigenvalue weighted by atomic mass is 9.85. The maximum Gasteiger partial charge on any atom is 0.254 e. The number of H-pyrrole nitrogens is 1. The van der Waals surface area contributed by atoms with Gasteiger partial charge < -0.3 is 15.4 Å². The summed E-state index contributed by atoms with van der Waals surface area (Å²) in [6.45, 7) is 0.642. The predicted molar refractivity (Wildman–Crippen MR) is 131 cm³/mol. The summed E-state index contributed by atoms with van der Waals surface area (Å²) in [5.74, 6) is 0.507. The molecule has 3 N–H and O–H groups in total. The van der Waals surface area contributed by atoms with Gasteiger partial charge in [0.05, 0.1) is 17.4 Å². The van der Waals surface area contributed by atoms with Crippen molar-refractivity contribution in [3.63, 3.8) is 0 Å². The van der Waals surface area contributed by atoms with E-state index in [1.165, 1.54) is 0 Å². The standard InChI is InChI=1S/C25H26BrClN2O2/c26-18-6-11-21-23(15-18)29-22(12-5-16-1-7-19(27)8-2-16)24(21)25(31)28-14-13-17-3-9-20(30)10-4-17/h1-2,5-8,11-12,15,17,20,29-30H,3-4,9-10,13-14H2,(H,28,31). The average molecular weight is 502 g/mol. The Labute approximate surface area is 195 Å². The summed E-state index contributed by atoms with van der Waals surface area (Å²) in [5.41, 5.74) is 3.36. The van der Waals surface area contributed by atoms with Crippen molar-refractivity contribution in [2.75, 3.05) is 6.54 Å². The zero-order chi connectivity index (χ0) is 21.8. The Morgan fingerprint density at radius 2 is 1.87 bits per heavy atom. The van der Waals surface area contributed by atoms with Crippen molar-refractivity contribution in [2.45, 2.75) is 38.2 Å². The molecule has 1 aliphatic carbocycles. The van der Waals surface area contributed by atoms with Crippen LogP contribution in [0.25, 0.3) is 23.1 Å². The van der Waals surface area contributed by atoms with Crippen LogP contribution in [0.2, 0.25) is 5.02 Å². The Balaban J connectivity index is 1.52. The van der Waals surface area contributed by atoms with Gasteiger partial charge in [0.1, 0.15) is 0 Å². The molecule has 1 heterocycles. The lowest BCUT2D eigenvalue weighted by Crippen LogP contribution is -2.28. The number of carbonyl (C=O) groups excluding carboxylic acids is 1. The van der Waals surface area contributed by atoms with Gasteiger partial charge in [0.15, 0.2) is 0 Å². The molecule has 0 atom stereocenters. The van der Waals surface area contributed by atoms with Gasteiger partial charge >= 0.3 is 0 Å². The molecule has 1 aromatic heterocycles. The number of aromatic nitrogens is 1. The van der Waals surface area contributed by atoms with Crippen molar-refractivity contribution in [2.24, 2.45) is 5.92 Å². The third kappa shape index (κ3) is 5.59. The number of carbonyl (C=O) groups is 1. The number of benzene rings is 2. The van der Waals surface area contributed by atoms with Crippen LogP contribution in [0.15, 0.2) is 46.9 Å². The van der Waals surface area contributed by atoms with Crippen molar-refractivity contribution in [1.82, 2.24) is 10.3 Å². The number of hydrogen-bond acceptors (Lipinski definition) is 2. The molecule has 1 fully saturated rings. The molecule has 1 saturated carbocycles. The van der Waals surface area contributed by atoms with E-state index in [9.17, 15) is 9.90 Å². The first kappa shape index (κ1) is 22.1. The van der Waals surface area contributed by atoms with Crippen LogP contribution in [0.5, 0.6) is 0 Å². The molecule has 4 rings (SSSR count). The smallest absolute Gasteiger partial charge is 0.254 e. The molecule has 2 aromatic carbocycles. The molecular formula is C25H26BrClN2O2. The van der Waals surface area contributed by atoms with Crippen LogP contribution in [0.4, 0.5) is 0 Å². The van der Waals surface area contributed by atoms with Gasteiger partial charge in [-0.2, -0.15) is 0 Å². The molecule has 6 heteroatoms. The minimum absolute atomic E-state index is 0.0693. The van der Waals surface area contributed by atoms with Crippen molar-refractivity contribution in [1.29, 1.82) is 0 Å². The second-order valence-corrected chi connectivity index (χ2v) is 9.56. The zero-order valence-electron chi connectivity index (χ0n) is 17.2. The summed E-state index contributed by atoms with van der Waals surface area (Å²) in [5, 5.41) is 14.4. The molecule has 0 bridgehead atoms. The Hall–Kier alpha value is -2.08. The van der Waals surface area contributed by atoms with Gasteiger partial charge in [-0.3, -0.25) is 4.79 Å². The molecular weight excluding hydrogens is 476 g/mol. The average Bonchev–Trinajstić information content (AvgIpc) is 3.12. The van der Waals surface area contributed by atoms with E-state index in [0.717, 1.165) is 58.7 Å². The monoisotopic (exact) mass is 500 g/mol. The Morgan fingerprint density at radius 1 is 1.13 bits per heavy atom. The highest BCUT2D eigenvalue weighted by Gasteiger charge is 2.21. The predicted octanol–water partition coefficient (Wildman–Crippen LogP) is 6.43. The van der Waals surface area contributed by atoms with Crippen LogP contribution < -0.4 is 5.32 Å². The molecule has 0 radical (unpaired) electrons. The van der Waals surface area contributed by atoms with Gasteiger partial charge in [-0.15, -0.1) is 0 Å². The van der Waals surface area contributed by atoms with Crippen LogP contribution in [-0.2, 0) is 0 Å². The number of aliphatic hydroxyl groups is 1. The summed E-state index contributed by atoms with van der Waals surface area (Å²) < 4.78 is 0.959. The maximum atomic E-state index is 13.1. The van der Waals surface area contributed by atoms with Gasteiger partial charge in [0, 0.05) is 26.9 Å². The van der Waals surface area contributed by atoms with E-state index in [2.05, 4.69) is 26.2 Å². The minimum atomic E-state index is -0.147. The third-order valence-electron chi connectivity index (χ3n) is 5.98. The van der Waals surface area contributed by atoms with E-state index in [1.54, 1.807) is 0 Å². The number of aromatic amines is 1. The molecule has 1 amide bonds. The van der Waals surface area contributed by atoms with Gasteiger partial charge in [0.2, 0.25) is 0 Å². The first-order valence-corrected chi connectivity index (χ1v) is 11.9. The fraction of sp³-hybridized carbons (Fsp3) is 0.320. The Morgan fingerprint density at radius 3 is 2.61 bits per heavy atom. The number of amides is 1. The molecule has 0 unspecified atom stereocenters. The van der Waals surface area contributed by atoms with Crippen LogP contribution in [0, 0.1) is 5.92 Å². The molecule has 0 aliphatic heterocycles. The maximum absolute atomic E-state index is 13.1. The second kappa shape index (κ2) is 10.0. The topological polar surface area (TPSA) is 65.1 Å². The van der Waals surface area contributed by atoms with Crippen LogP contribution in [-0.4, -0.2) is 28.6 Å². The lowest BCUT2D eigenvalue weighted by molar-refractivity contribution is 0.0933. The molecule has 1 aliphatic rings. The molecule has 31 heavy (non-hydrogen) atoms. The quantitative estimate of drug-likeness (QED) is 0.365. The van der Waals surface area contributed by atoms with Gasteiger partial charge in [-0.1, -0.05) is 51.8 Å². The summed E-state index contributed by atoms with van der Waals surface area (Å²) in [6.07, 6.45) is 8.52. The van der Waals surface area contributed by atoms with E-state index in [1.807, 2.05) is 54.6 Å². The van der Waals surface area contributed by atoms with E-state index in [4.69, 9.17) is 11.6 Å². The lowest BCUT2D eigenvalue weighted by Gasteiger charge is -2.25. The molecule has 0 saturated heterocycles. The van der Waals surface area contributed by atoms with Gasteiger partial charge in [-0.05, 0) is 73.9 Å². The summed E-state index contributed by atoms with van der Waals surface area (Å²) in [6, 6.07) is 13.5. The van der Waals surface area contributed by atoms with Crippen molar-refractivity contribution < 1.29 is 9.90 Å². The number of aliphatic hydroxyl groups excluding tert-OH is 1. The molecule has 4 nitrogen and oxygen atoms in total.